The molecule has 0 bridgehead atoms. The predicted octanol–water partition coefficient (Wildman–Crippen LogP) is 2.20. The molecule has 0 atom stereocenters. The molecule has 0 N–H and O–H groups in total. The van der Waals surface area contributed by atoms with Crippen LogP contribution in [-0.4, -0.2) is 34.2 Å². The maximum atomic E-state index is 12.0. The number of carbonyl (C=O) groups excluding carboxylic acids is 1. The molecule has 0 aliphatic rings. The lowest BCUT2D eigenvalue weighted by Crippen LogP contribution is -2.05. The zero-order valence-corrected chi connectivity index (χ0v) is 11.7. The van der Waals surface area contributed by atoms with Gasteiger partial charge >= 0.3 is 0 Å². The molecule has 0 aliphatic carbocycles. The van der Waals surface area contributed by atoms with E-state index in [0.717, 1.165) is 9.22 Å². The van der Waals surface area contributed by atoms with Crippen molar-refractivity contribution in [1.82, 2.24) is 14.3 Å². The summed E-state index contributed by atoms with van der Waals surface area (Å²) < 4.78 is 2.88. The van der Waals surface area contributed by atoms with Crippen LogP contribution in [0.5, 0.6) is 0 Å². The molecule has 4 nitrogen and oxygen atoms in total. The maximum Gasteiger partial charge on any atom is 0.205 e. The SMILES string of the molecule is CN(C)/C=C/C(=O)c1cnc2ccc(I)cn12. The molecule has 0 unspecified atom stereocenters. The van der Waals surface area contributed by atoms with Crippen molar-refractivity contribution in [3.63, 3.8) is 0 Å². The molecule has 0 fully saturated rings. The topological polar surface area (TPSA) is 37.6 Å². The van der Waals surface area contributed by atoms with Crippen LogP contribution in [0.3, 0.4) is 0 Å². The number of imidazole rings is 1. The van der Waals surface area contributed by atoms with Crippen molar-refractivity contribution in [2.75, 3.05) is 14.1 Å². The van der Waals surface area contributed by atoms with Gasteiger partial charge in [0, 0.05) is 36.1 Å². The molecular formula is C12H12IN3O. The third-order valence-corrected chi connectivity index (χ3v) is 2.88. The number of carbonyl (C=O) groups is 1. The van der Waals surface area contributed by atoms with Gasteiger partial charge in [-0.3, -0.25) is 9.20 Å². The number of ketones is 1. The predicted molar refractivity (Wildman–Crippen MR) is 75.1 cm³/mol. The smallest absolute Gasteiger partial charge is 0.205 e. The van der Waals surface area contributed by atoms with Crippen LogP contribution in [0.2, 0.25) is 0 Å². The summed E-state index contributed by atoms with van der Waals surface area (Å²) in [6.45, 7) is 0. The zero-order chi connectivity index (χ0) is 12.4. The monoisotopic (exact) mass is 341 g/mol. The van der Waals surface area contributed by atoms with E-state index in [1.807, 2.05) is 41.7 Å². The summed E-state index contributed by atoms with van der Waals surface area (Å²) in [6, 6.07) is 3.86. The second-order valence-corrected chi connectivity index (χ2v) is 5.11. The van der Waals surface area contributed by atoms with Crippen LogP contribution in [0.25, 0.3) is 5.65 Å². The molecule has 0 amide bonds. The maximum absolute atomic E-state index is 12.0. The molecule has 2 aromatic heterocycles. The van der Waals surface area contributed by atoms with Crippen molar-refractivity contribution >= 4 is 34.0 Å². The first kappa shape index (κ1) is 12.1. The molecule has 0 spiro atoms. The fraction of sp³-hybridized carbons (Fsp3) is 0.167. The lowest BCUT2D eigenvalue weighted by Gasteiger charge is -2.03. The number of allylic oxidation sites excluding steroid dienone is 1. The third-order valence-electron chi connectivity index (χ3n) is 2.25. The van der Waals surface area contributed by atoms with Gasteiger partial charge in [-0.15, -0.1) is 0 Å². The highest BCUT2D eigenvalue weighted by molar-refractivity contribution is 14.1. The quantitative estimate of drug-likeness (QED) is 0.488. The lowest BCUT2D eigenvalue weighted by atomic mass is 10.3. The van der Waals surface area contributed by atoms with Gasteiger partial charge in [0.15, 0.2) is 0 Å². The molecule has 2 heterocycles. The van der Waals surface area contributed by atoms with Gasteiger partial charge in [0.2, 0.25) is 5.78 Å². The van der Waals surface area contributed by atoms with Crippen LogP contribution >= 0.6 is 22.6 Å². The van der Waals surface area contributed by atoms with Crippen LogP contribution in [0.4, 0.5) is 0 Å². The summed E-state index contributed by atoms with van der Waals surface area (Å²) in [5.41, 5.74) is 1.36. The molecule has 2 aromatic rings. The fourth-order valence-electron chi connectivity index (χ4n) is 1.44. The zero-order valence-electron chi connectivity index (χ0n) is 9.59. The minimum atomic E-state index is -0.0480. The highest BCUT2D eigenvalue weighted by Crippen LogP contribution is 2.11. The molecule has 17 heavy (non-hydrogen) atoms. The van der Waals surface area contributed by atoms with Crippen molar-refractivity contribution in [2.45, 2.75) is 0 Å². The van der Waals surface area contributed by atoms with Crippen LogP contribution in [0.1, 0.15) is 10.5 Å². The summed E-state index contributed by atoms with van der Waals surface area (Å²) in [4.78, 5) is 18.0. The van der Waals surface area contributed by atoms with Crippen molar-refractivity contribution in [2.24, 2.45) is 0 Å². The number of hydrogen-bond donors (Lipinski definition) is 0. The Bertz CT molecular complexity index is 586. The molecule has 5 heteroatoms. The summed E-state index contributed by atoms with van der Waals surface area (Å²) >= 11 is 2.21. The van der Waals surface area contributed by atoms with Gasteiger partial charge in [0.05, 0.1) is 6.20 Å². The highest BCUT2D eigenvalue weighted by Gasteiger charge is 2.09. The number of halogens is 1. The fourth-order valence-corrected chi connectivity index (χ4v) is 1.90. The first-order valence-electron chi connectivity index (χ1n) is 5.09. The van der Waals surface area contributed by atoms with E-state index in [2.05, 4.69) is 27.6 Å². The van der Waals surface area contributed by atoms with Gasteiger partial charge in [0.1, 0.15) is 11.3 Å². The number of pyridine rings is 1. The molecular weight excluding hydrogens is 329 g/mol. The number of nitrogens with zero attached hydrogens (tertiary/aromatic N) is 3. The van der Waals surface area contributed by atoms with Gasteiger partial charge in [-0.25, -0.2) is 4.98 Å². The van der Waals surface area contributed by atoms with Crippen molar-refractivity contribution in [3.05, 3.63) is 46.1 Å². The molecule has 2 rings (SSSR count). The summed E-state index contributed by atoms with van der Waals surface area (Å²) in [6.07, 6.45) is 6.78. The number of aromatic nitrogens is 2. The number of hydrogen-bond acceptors (Lipinski definition) is 3. The Morgan fingerprint density at radius 3 is 2.94 bits per heavy atom. The third kappa shape index (κ3) is 2.66. The van der Waals surface area contributed by atoms with E-state index in [1.54, 1.807) is 18.5 Å². The Morgan fingerprint density at radius 1 is 1.47 bits per heavy atom. The van der Waals surface area contributed by atoms with Crippen molar-refractivity contribution in [3.8, 4) is 0 Å². The van der Waals surface area contributed by atoms with Crippen LogP contribution < -0.4 is 0 Å². The average Bonchev–Trinajstić information content (AvgIpc) is 2.68. The molecule has 0 aliphatic heterocycles. The lowest BCUT2D eigenvalue weighted by molar-refractivity contribution is 0.104. The van der Waals surface area contributed by atoms with E-state index < -0.39 is 0 Å². The minimum absolute atomic E-state index is 0.0480. The molecule has 0 saturated heterocycles. The number of fused-ring (bicyclic) bond motifs is 1. The molecule has 0 saturated carbocycles. The van der Waals surface area contributed by atoms with Crippen LogP contribution in [-0.2, 0) is 0 Å². The molecule has 88 valence electrons. The second-order valence-electron chi connectivity index (χ2n) is 3.86. The van der Waals surface area contributed by atoms with E-state index >= 15 is 0 Å². The minimum Gasteiger partial charge on any atom is -0.383 e. The van der Waals surface area contributed by atoms with E-state index in [0.29, 0.717) is 5.69 Å². The summed E-state index contributed by atoms with van der Waals surface area (Å²) in [7, 11) is 3.75. The Labute approximate surface area is 113 Å². The van der Waals surface area contributed by atoms with Gasteiger partial charge in [-0.05, 0) is 34.7 Å². The first-order chi connectivity index (χ1) is 8.08. The normalized spacial score (nSPS) is 11.2. The van der Waals surface area contributed by atoms with E-state index in [4.69, 9.17) is 0 Å². The molecule has 0 radical (unpaired) electrons. The summed E-state index contributed by atoms with van der Waals surface area (Å²) in [5.74, 6) is -0.0480. The molecule has 0 aromatic carbocycles. The average molecular weight is 341 g/mol. The second kappa shape index (κ2) is 4.87. The van der Waals surface area contributed by atoms with E-state index in [9.17, 15) is 4.79 Å². The van der Waals surface area contributed by atoms with E-state index in [-0.39, 0.29) is 5.78 Å². The van der Waals surface area contributed by atoms with Crippen LogP contribution in [0, 0.1) is 3.57 Å². The van der Waals surface area contributed by atoms with Crippen molar-refractivity contribution < 1.29 is 4.79 Å². The van der Waals surface area contributed by atoms with Gasteiger partial charge in [-0.2, -0.15) is 0 Å². The first-order valence-corrected chi connectivity index (χ1v) is 6.17. The Morgan fingerprint density at radius 2 is 2.24 bits per heavy atom. The standard InChI is InChI=1S/C12H12IN3O/c1-15(2)6-5-11(17)10-7-14-12-4-3-9(13)8-16(10)12/h3-8H,1-2H3/b6-5+. The number of rotatable bonds is 3. The Balaban J connectivity index is 2.42. The van der Waals surface area contributed by atoms with Crippen LogP contribution in [0.15, 0.2) is 36.8 Å². The van der Waals surface area contributed by atoms with Gasteiger partial charge in [0.25, 0.3) is 0 Å². The van der Waals surface area contributed by atoms with Crippen molar-refractivity contribution in [1.29, 1.82) is 0 Å². The van der Waals surface area contributed by atoms with E-state index in [1.165, 1.54) is 0 Å². The largest absolute Gasteiger partial charge is 0.383 e. The Hall–Kier alpha value is -1.37. The van der Waals surface area contributed by atoms with Gasteiger partial charge < -0.3 is 4.90 Å². The van der Waals surface area contributed by atoms with Gasteiger partial charge in [-0.1, -0.05) is 0 Å². The summed E-state index contributed by atoms with van der Waals surface area (Å²) in [5, 5.41) is 0. The Kier molecular flexibility index (Phi) is 3.46. The highest BCUT2D eigenvalue weighted by atomic mass is 127.